The second-order valence-electron chi connectivity index (χ2n) is 4.92. The highest BCUT2D eigenvalue weighted by Crippen LogP contribution is 2.24. The van der Waals surface area contributed by atoms with E-state index in [1.54, 1.807) is 17.1 Å². The number of hydrazone groups is 1. The summed E-state index contributed by atoms with van der Waals surface area (Å²) in [6.07, 6.45) is 3.56. The Morgan fingerprint density at radius 1 is 1.35 bits per heavy atom. The zero-order chi connectivity index (χ0) is 16.4. The Hall–Kier alpha value is -2.55. The van der Waals surface area contributed by atoms with Crippen LogP contribution in [0, 0.1) is 0 Å². The maximum Gasteiger partial charge on any atom is 0.271 e. The number of benzene rings is 1. The number of nitrogens with one attached hydrogen (secondary N) is 1. The first-order chi connectivity index (χ1) is 11.0. The van der Waals surface area contributed by atoms with Gasteiger partial charge in [-0.1, -0.05) is 15.9 Å². The van der Waals surface area contributed by atoms with Gasteiger partial charge in [0.15, 0.2) is 0 Å². The monoisotopic (exact) mass is 376 g/mol. The zero-order valence-electron chi connectivity index (χ0n) is 12.2. The van der Waals surface area contributed by atoms with Gasteiger partial charge in [0, 0.05) is 24.4 Å². The van der Waals surface area contributed by atoms with Crippen LogP contribution in [-0.4, -0.2) is 44.3 Å². The lowest BCUT2D eigenvalue weighted by molar-refractivity contribution is -0.130. The predicted octanol–water partition coefficient (Wildman–Crippen LogP) is 1.58. The molecule has 0 radical (unpaired) electrons. The largest absolute Gasteiger partial charge is 0.319 e. The number of hydrogen-bond acceptors (Lipinski definition) is 5. The highest BCUT2D eigenvalue weighted by atomic mass is 79.9. The fourth-order valence-corrected chi connectivity index (χ4v) is 2.53. The third-order valence-corrected chi connectivity index (χ3v) is 3.84. The Morgan fingerprint density at radius 3 is 2.87 bits per heavy atom. The van der Waals surface area contributed by atoms with Crippen LogP contribution in [0.1, 0.15) is 12.8 Å². The molecule has 0 spiro atoms. The first-order valence-electron chi connectivity index (χ1n) is 6.84. The Balaban J connectivity index is 1.88. The molecule has 1 aromatic heterocycles. The topological polar surface area (TPSA) is 92.5 Å². The van der Waals surface area contributed by atoms with Crippen molar-refractivity contribution in [3.8, 4) is 5.69 Å². The molecule has 0 unspecified atom stereocenters. The smallest absolute Gasteiger partial charge is 0.271 e. The summed E-state index contributed by atoms with van der Waals surface area (Å²) in [5.74, 6) is -0.448. The summed E-state index contributed by atoms with van der Waals surface area (Å²) in [5, 5.41) is 12.1. The van der Waals surface area contributed by atoms with Gasteiger partial charge in [0.2, 0.25) is 5.91 Å². The molecular formula is C14H13BrN6O2. The summed E-state index contributed by atoms with van der Waals surface area (Å²) < 4.78 is 2.37. The van der Waals surface area contributed by atoms with Gasteiger partial charge in [-0.15, -0.1) is 0 Å². The van der Waals surface area contributed by atoms with Crippen molar-refractivity contribution in [1.29, 1.82) is 0 Å². The standard InChI is InChI=1S/C14H13BrN6O2/c1-20-13(22)5-3-10(19-20)14(23)18-11-6-9(15)2-4-12(11)21-8-16-7-17-21/h2,4,6-8H,3,5H2,1H3,(H,18,23). The Morgan fingerprint density at radius 2 is 2.17 bits per heavy atom. The summed E-state index contributed by atoms with van der Waals surface area (Å²) in [6.45, 7) is 0. The van der Waals surface area contributed by atoms with E-state index in [1.807, 2.05) is 12.1 Å². The van der Waals surface area contributed by atoms with Crippen molar-refractivity contribution in [3.63, 3.8) is 0 Å². The lowest BCUT2D eigenvalue weighted by atomic mass is 10.1. The molecule has 2 aromatic rings. The highest BCUT2D eigenvalue weighted by Gasteiger charge is 2.22. The minimum atomic E-state index is -0.344. The van der Waals surface area contributed by atoms with Crippen LogP contribution in [0.4, 0.5) is 5.69 Å². The molecular weight excluding hydrogens is 364 g/mol. The lowest BCUT2D eigenvalue weighted by Crippen LogP contribution is -2.34. The van der Waals surface area contributed by atoms with Crippen molar-refractivity contribution < 1.29 is 9.59 Å². The second kappa shape index (κ2) is 6.29. The van der Waals surface area contributed by atoms with Crippen LogP contribution < -0.4 is 5.32 Å². The van der Waals surface area contributed by atoms with Gasteiger partial charge in [-0.05, 0) is 18.2 Å². The maximum atomic E-state index is 12.4. The van der Waals surface area contributed by atoms with Crippen molar-refractivity contribution in [3.05, 3.63) is 35.3 Å². The van der Waals surface area contributed by atoms with Crippen LogP contribution in [0.15, 0.2) is 40.4 Å². The van der Waals surface area contributed by atoms with Gasteiger partial charge in [-0.2, -0.15) is 10.2 Å². The number of hydrogen-bond donors (Lipinski definition) is 1. The van der Waals surface area contributed by atoms with Crippen LogP contribution in [-0.2, 0) is 9.59 Å². The van der Waals surface area contributed by atoms with E-state index in [-0.39, 0.29) is 18.2 Å². The Labute approximate surface area is 140 Å². The lowest BCUT2D eigenvalue weighted by Gasteiger charge is -2.19. The summed E-state index contributed by atoms with van der Waals surface area (Å²) >= 11 is 3.38. The summed E-state index contributed by atoms with van der Waals surface area (Å²) in [4.78, 5) is 27.8. The van der Waals surface area contributed by atoms with E-state index in [9.17, 15) is 9.59 Å². The van der Waals surface area contributed by atoms with Crippen molar-refractivity contribution in [2.75, 3.05) is 12.4 Å². The van der Waals surface area contributed by atoms with Crippen LogP contribution >= 0.6 is 15.9 Å². The van der Waals surface area contributed by atoms with E-state index in [2.05, 4.69) is 36.4 Å². The third-order valence-electron chi connectivity index (χ3n) is 3.34. The summed E-state index contributed by atoms with van der Waals surface area (Å²) in [6, 6.07) is 5.43. The molecule has 0 aliphatic carbocycles. The Kier molecular flexibility index (Phi) is 4.20. The first kappa shape index (κ1) is 15.3. The molecule has 2 amide bonds. The molecule has 0 atom stereocenters. The highest BCUT2D eigenvalue weighted by molar-refractivity contribution is 9.10. The van der Waals surface area contributed by atoms with Crippen molar-refractivity contribution in [1.82, 2.24) is 19.8 Å². The summed E-state index contributed by atoms with van der Waals surface area (Å²) in [5.41, 5.74) is 1.56. The maximum absolute atomic E-state index is 12.4. The van der Waals surface area contributed by atoms with Gasteiger partial charge in [0.25, 0.3) is 5.91 Å². The van der Waals surface area contributed by atoms with Gasteiger partial charge in [-0.25, -0.2) is 14.7 Å². The molecule has 0 saturated carbocycles. The fourth-order valence-electron chi connectivity index (χ4n) is 2.17. The fraction of sp³-hybridized carbons (Fsp3) is 0.214. The SMILES string of the molecule is CN1N=C(C(=O)Nc2cc(Br)ccc2-n2cncn2)CCC1=O. The van der Waals surface area contributed by atoms with Crippen LogP contribution in [0.25, 0.3) is 5.69 Å². The van der Waals surface area contributed by atoms with Gasteiger partial charge in [-0.3, -0.25) is 9.59 Å². The van der Waals surface area contributed by atoms with Crippen LogP contribution in [0.3, 0.4) is 0 Å². The molecule has 1 N–H and O–H groups in total. The normalized spacial score (nSPS) is 14.6. The molecule has 1 aromatic carbocycles. The average molecular weight is 377 g/mol. The molecule has 0 fully saturated rings. The minimum Gasteiger partial charge on any atom is -0.319 e. The van der Waals surface area contributed by atoms with E-state index >= 15 is 0 Å². The molecule has 1 aliphatic rings. The van der Waals surface area contributed by atoms with E-state index in [4.69, 9.17) is 0 Å². The molecule has 3 rings (SSSR count). The van der Waals surface area contributed by atoms with Crippen molar-refractivity contribution in [2.45, 2.75) is 12.8 Å². The van der Waals surface area contributed by atoms with E-state index in [1.165, 1.54) is 18.4 Å². The van der Waals surface area contributed by atoms with Gasteiger partial charge >= 0.3 is 0 Å². The molecule has 1 aliphatic heterocycles. The first-order valence-corrected chi connectivity index (χ1v) is 7.64. The van der Waals surface area contributed by atoms with Crippen LogP contribution in [0.5, 0.6) is 0 Å². The van der Waals surface area contributed by atoms with Crippen molar-refractivity contribution >= 4 is 39.1 Å². The number of aromatic nitrogens is 3. The number of nitrogens with zero attached hydrogens (tertiary/aromatic N) is 5. The number of anilines is 1. The molecule has 0 saturated heterocycles. The number of rotatable bonds is 3. The molecule has 0 bridgehead atoms. The second-order valence-corrected chi connectivity index (χ2v) is 5.84. The molecule has 2 heterocycles. The van der Waals surface area contributed by atoms with Crippen LogP contribution in [0.2, 0.25) is 0 Å². The average Bonchev–Trinajstić information content (AvgIpc) is 3.04. The Bertz CT molecular complexity index is 787. The molecule has 8 nitrogen and oxygen atoms in total. The number of halogens is 1. The van der Waals surface area contributed by atoms with E-state index in [0.717, 1.165) is 4.47 Å². The zero-order valence-corrected chi connectivity index (χ0v) is 13.8. The number of amides is 2. The quantitative estimate of drug-likeness (QED) is 0.879. The van der Waals surface area contributed by atoms with Gasteiger partial charge < -0.3 is 5.32 Å². The number of carbonyl (C=O) groups is 2. The van der Waals surface area contributed by atoms with E-state index < -0.39 is 0 Å². The molecule has 118 valence electrons. The summed E-state index contributed by atoms with van der Waals surface area (Å²) in [7, 11) is 1.54. The predicted molar refractivity (Wildman–Crippen MR) is 87.1 cm³/mol. The van der Waals surface area contributed by atoms with Gasteiger partial charge in [0.1, 0.15) is 18.4 Å². The molecule has 23 heavy (non-hydrogen) atoms. The third kappa shape index (κ3) is 3.29. The van der Waals surface area contributed by atoms with Gasteiger partial charge in [0.05, 0.1) is 11.4 Å². The van der Waals surface area contributed by atoms with Crippen molar-refractivity contribution in [2.24, 2.45) is 5.10 Å². The number of carbonyl (C=O) groups excluding carboxylic acids is 2. The van der Waals surface area contributed by atoms with E-state index in [0.29, 0.717) is 23.5 Å². The molecule has 9 heteroatoms. The minimum absolute atomic E-state index is 0.104.